The van der Waals surface area contributed by atoms with Gasteiger partial charge in [-0.3, -0.25) is 0 Å². The van der Waals surface area contributed by atoms with Crippen molar-refractivity contribution in [3.63, 3.8) is 0 Å². The summed E-state index contributed by atoms with van der Waals surface area (Å²) in [4.78, 5) is 49.1. The van der Waals surface area contributed by atoms with Gasteiger partial charge in [-0.1, -0.05) is 0 Å². The van der Waals surface area contributed by atoms with Crippen molar-refractivity contribution < 1.29 is 57.1 Å². The van der Waals surface area contributed by atoms with Crippen LogP contribution in [-0.4, -0.2) is 76.1 Å². The number of hydrogen-bond acceptors (Lipinski definition) is 12. The van der Waals surface area contributed by atoms with Crippen LogP contribution in [0.1, 0.15) is 41.4 Å². The maximum Gasteiger partial charge on any atom is 0.343 e. The van der Waals surface area contributed by atoms with Crippen molar-refractivity contribution in [3.05, 3.63) is 95.1 Å². The van der Waals surface area contributed by atoms with Gasteiger partial charge in [-0.05, 0) is 72.8 Å². The third kappa shape index (κ3) is 8.69. The van der Waals surface area contributed by atoms with Crippen molar-refractivity contribution in [2.45, 2.75) is 12.2 Å². The molecule has 0 aliphatic carbocycles. The summed E-state index contributed by atoms with van der Waals surface area (Å²) in [5, 5.41) is 0. The number of esters is 4. The van der Waals surface area contributed by atoms with Gasteiger partial charge in [0.1, 0.15) is 23.7 Å². The van der Waals surface area contributed by atoms with E-state index in [-0.39, 0.29) is 59.5 Å². The average Bonchev–Trinajstić information content (AvgIpc) is 3.95. The molecule has 2 unspecified atom stereocenters. The molecule has 0 amide bonds. The van der Waals surface area contributed by atoms with Crippen LogP contribution >= 0.6 is 0 Å². The zero-order valence-corrected chi connectivity index (χ0v) is 22.2. The molecule has 0 N–H and O–H groups in total. The lowest BCUT2D eigenvalue weighted by Crippen LogP contribution is -2.12. The number of hydrogen-bond donors (Lipinski definition) is 0. The molecule has 5 rings (SSSR count). The fourth-order valence-electron chi connectivity index (χ4n) is 3.44. The second-order valence-electron chi connectivity index (χ2n) is 9.16. The molecule has 3 aromatic rings. The van der Waals surface area contributed by atoms with Gasteiger partial charge in [0.25, 0.3) is 0 Å². The lowest BCUT2D eigenvalue weighted by Gasteiger charge is -2.08. The van der Waals surface area contributed by atoms with Crippen molar-refractivity contribution in [2.75, 3.05) is 40.0 Å². The molecule has 3 aromatic carbocycles. The maximum absolute atomic E-state index is 12.5. The van der Waals surface area contributed by atoms with E-state index in [1.807, 2.05) is 0 Å². The Kier molecular flexibility index (Phi) is 9.51. The van der Waals surface area contributed by atoms with Crippen LogP contribution in [0.3, 0.4) is 0 Å². The Morgan fingerprint density at radius 3 is 1.14 bits per heavy atom. The maximum atomic E-state index is 12.5. The number of ether oxygens (including phenoxy) is 8. The summed E-state index contributed by atoms with van der Waals surface area (Å²) in [6, 6.07) is 17.4. The SMILES string of the molecule is O=C(OCOCC1CO1)c1ccc(C(=O)Oc2ccc(OC(=O)c3ccc(C(=O)OCOCC4CO4)cc3)cc2)cc1. The third-order valence-corrected chi connectivity index (χ3v) is 5.92. The Balaban J connectivity index is 1.05. The largest absolute Gasteiger partial charge is 0.435 e. The van der Waals surface area contributed by atoms with E-state index in [9.17, 15) is 19.2 Å². The highest BCUT2D eigenvalue weighted by Crippen LogP contribution is 2.20. The molecule has 2 heterocycles. The summed E-state index contributed by atoms with van der Waals surface area (Å²) in [5.41, 5.74) is 0.945. The number of benzene rings is 3. The molecule has 2 aliphatic heterocycles. The fourth-order valence-corrected chi connectivity index (χ4v) is 3.44. The normalized spacial score (nSPS) is 16.7. The quantitative estimate of drug-likeness (QED) is 0.0909. The van der Waals surface area contributed by atoms with E-state index in [1.165, 1.54) is 72.8 Å². The Hall–Kier alpha value is -4.62. The van der Waals surface area contributed by atoms with E-state index < -0.39 is 23.9 Å². The van der Waals surface area contributed by atoms with Gasteiger partial charge in [0.15, 0.2) is 13.6 Å². The van der Waals surface area contributed by atoms with Crippen molar-refractivity contribution in [3.8, 4) is 11.5 Å². The summed E-state index contributed by atoms with van der Waals surface area (Å²) >= 11 is 0. The Bertz CT molecular complexity index is 1280. The van der Waals surface area contributed by atoms with Crippen molar-refractivity contribution >= 4 is 23.9 Å². The van der Waals surface area contributed by atoms with Crippen LogP contribution in [-0.2, 0) is 28.4 Å². The van der Waals surface area contributed by atoms with Crippen LogP contribution in [0.4, 0.5) is 0 Å². The highest BCUT2D eigenvalue weighted by molar-refractivity contribution is 5.95. The summed E-state index contributed by atoms with van der Waals surface area (Å²) in [6.45, 7) is 1.64. The zero-order valence-electron chi connectivity index (χ0n) is 22.2. The first-order valence-corrected chi connectivity index (χ1v) is 12.9. The summed E-state index contributed by atoms with van der Waals surface area (Å²) in [6.07, 6.45) is 0.144. The fraction of sp³-hybridized carbons (Fsp3) is 0.267. The molecule has 0 aromatic heterocycles. The molecule has 2 saturated heterocycles. The van der Waals surface area contributed by atoms with Gasteiger partial charge in [-0.15, -0.1) is 0 Å². The molecule has 0 bridgehead atoms. The van der Waals surface area contributed by atoms with Crippen molar-refractivity contribution in [2.24, 2.45) is 0 Å². The second-order valence-corrected chi connectivity index (χ2v) is 9.16. The number of carbonyl (C=O) groups excluding carboxylic acids is 4. The van der Waals surface area contributed by atoms with Crippen LogP contribution in [0.15, 0.2) is 72.8 Å². The molecule has 0 saturated carbocycles. The number of carbonyl (C=O) groups is 4. The van der Waals surface area contributed by atoms with E-state index >= 15 is 0 Å². The van der Waals surface area contributed by atoms with Gasteiger partial charge < -0.3 is 37.9 Å². The molecule has 12 nitrogen and oxygen atoms in total. The van der Waals surface area contributed by atoms with Gasteiger partial charge in [0.2, 0.25) is 0 Å². The van der Waals surface area contributed by atoms with Crippen LogP contribution < -0.4 is 9.47 Å². The van der Waals surface area contributed by atoms with Gasteiger partial charge >= 0.3 is 23.9 Å². The van der Waals surface area contributed by atoms with Gasteiger partial charge in [0.05, 0.1) is 48.7 Å². The predicted octanol–water partition coefficient (Wildman–Crippen LogP) is 3.18. The minimum atomic E-state index is -0.644. The van der Waals surface area contributed by atoms with Gasteiger partial charge in [-0.25, -0.2) is 19.2 Å². The van der Waals surface area contributed by atoms with Gasteiger partial charge in [0, 0.05) is 0 Å². The molecular formula is C30H26O12. The van der Waals surface area contributed by atoms with Crippen molar-refractivity contribution in [1.29, 1.82) is 0 Å². The lowest BCUT2D eigenvalue weighted by atomic mass is 10.1. The molecule has 12 heteroatoms. The van der Waals surface area contributed by atoms with Crippen LogP contribution in [0.2, 0.25) is 0 Å². The van der Waals surface area contributed by atoms with Gasteiger partial charge in [-0.2, -0.15) is 0 Å². The zero-order chi connectivity index (χ0) is 29.3. The lowest BCUT2D eigenvalue weighted by molar-refractivity contribution is -0.0357. The predicted molar refractivity (Wildman–Crippen MR) is 141 cm³/mol. The summed E-state index contributed by atoms with van der Waals surface area (Å²) < 4.78 is 41.1. The topological polar surface area (TPSA) is 149 Å². The Labute approximate surface area is 239 Å². The van der Waals surface area contributed by atoms with Crippen LogP contribution in [0.25, 0.3) is 0 Å². The second kappa shape index (κ2) is 13.8. The van der Waals surface area contributed by atoms with Crippen molar-refractivity contribution in [1.82, 2.24) is 0 Å². The van der Waals surface area contributed by atoms with E-state index in [0.717, 1.165) is 0 Å². The summed E-state index contributed by atoms with van der Waals surface area (Å²) in [5.74, 6) is -2.02. The van der Waals surface area contributed by atoms with E-state index in [2.05, 4.69) is 0 Å². The number of epoxide rings is 2. The molecular weight excluding hydrogens is 552 g/mol. The first kappa shape index (κ1) is 28.9. The molecule has 2 fully saturated rings. The third-order valence-electron chi connectivity index (χ3n) is 5.92. The Morgan fingerprint density at radius 2 is 0.833 bits per heavy atom. The molecule has 0 radical (unpaired) electrons. The average molecular weight is 579 g/mol. The molecule has 42 heavy (non-hydrogen) atoms. The first-order valence-electron chi connectivity index (χ1n) is 12.9. The highest BCUT2D eigenvalue weighted by Gasteiger charge is 2.23. The molecule has 2 aliphatic rings. The minimum absolute atomic E-state index is 0.0721. The van der Waals surface area contributed by atoms with E-state index in [1.54, 1.807) is 0 Å². The Morgan fingerprint density at radius 1 is 0.524 bits per heavy atom. The molecule has 2 atom stereocenters. The number of rotatable bonds is 14. The highest BCUT2D eigenvalue weighted by atomic mass is 16.7. The standard InChI is InChI=1S/C30H26O12/c31-27(39-17-35-13-25-15-37-25)19-1-5-21(6-2-19)29(33)41-23-9-11-24(12-10-23)42-30(34)22-7-3-20(4-8-22)28(32)40-18-36-14-26-16-38-26/h1-12,25-26H,13-18H2. The van der Waals surface area contributed by atoms with Crippen LogP contribution in [0.5, 0.6) is 11.5 Å². The van der Waals surface area contributed by atoms with E-state index in [0.29, 0.717) is 26.4 Å². The minimum Gasteiger partial charge on any atom is -0.435 e. The van der Waals surface area contributed by atoms with E-state index in [4.69, 9.17) is 37.9 Å². The molecule has 0 spiro atoms. The first-order chi connectivity index (χ1) is 20.4. The molecule has 218 valence electrons. The summed E-state index contributed by atoms with van der Waals surface area (Å²) in [7, 11) is 0. The smallest absolute Gasteiger partial charge is 0.343 e. The monoisotopic (exact) mass is 578 g/mol. The van der Waals surface area contributed by atoms with Crippen LogP contribution in [0, 0.1) is 0 Å².